The number of rotatable bonds is 10. The van der Waals surface area contributed by atoms with E-state index in [1.165, 1.54) is 18.9 Å². The lowest BCUT2D eigenvalue weighted by Crippen LogP contribution is -2.19. The summed E-state index contributed by atoms with van der Waals surface area (Å²) in [6.45, 7) is 2.40. The molecular formula is C21H25N3O5S. The SMILES string of the molecule is COCCOC(=O)Nc1cccc(NC(=O)CSCC(=O)Nc2cccc(C)c2)c1. The fourth-order valence-corrected chi connectivity index (χ4v) is 3.02. The number of aryl methyl sites for hydroxylation is 1. The van der Waals surface area contributed by atoms with Gasteiger partial charge < -0.3 is 20.1 Å². The number of anilines is 3. The number of hydrogen-bond donors (Lipinski definition) is 3. The van der Waals surface area contributed by atoms with Crippen molar-refractivity contribution in [3.63, 3.8) is 0 Å². The third-order valence-corrected chi connectivity index (χ3v) is 4.61. The van der Waals surface area contributed by atoms with Gasteiger partial charge in [0.2, 0.25) is 11.8 Å². The molecule has 0 unspecified atom stereocenters. The molecule has 0 saturated heterocycles. The molecule has 0 heterocycles. The van der Waals surface area contributed by atoms with Crippen LogP contribution in [0.2, 0.25) is 0 Å². The number of amides is 3. The highest BCUT2D eigenvalue weighted by Gasteiger charge is 2.08. The van der Waals surface area contributed by atoms with E-state index in [0.717, 1.165) is 11.3 Å². The molecule has 0 aromatic heterocycles. The highest BCUT2D eigenvalue weighted by molar-refractivity contribution is 8.00. The summed E-state index contributed by atoms with van der Waals surface area (Å²) < 4.78 is 9.74. The van der Waals surface area contributed by atoms with Gasteiger partial charge in [0, 0.05) is 24.2 Å². The van der Waals surface area contributed by atoms with Crippen molar-refractivity contribution in [1.29, 1.82) is 0 Å². The Kier molecular flexibility index (Phi) is 9.69. The molecule has 30 heavy (non-hydrogen) atoms. The van der Waals surface area contributed by atoms with Gasteiger partial charge in [-0.25, -0.2) is 4.79 Å². The molecule has 0 radical (unpaired) electrons. The van der Waals surface area contributed by atoms with Gasteiger partial charge in [-0.1, -0.05) is 18.2 Å². The lowest BCUT2D eigenvalue weighted by Gasteiger charge is -2.09. The van der Waals surface area contributed by atoms with Crippen LogP contribution in [0.15, 0.2) is 48.5 Å². The second kappa shape index (κ2) is 12.5. The zero-order valence-corrected chi connectivity index (χ0v) is 17.7. The van der Waals surface area contributed by atoms with Crippen LogP contribution in [0.3, 0.4) is 0 Å². The van der Waals surface area contributed by atoms with E-state index in [2.05, 4.69) is 16.0 Å². The first-order chi connectivity index (χ1) is 14.5. The van der Waals surface area contributed by atoms with Gasteiger partial charge in [0.1, 0.15) is 6.61 Å². The predicted octanol–water partition coefficient (Wildman–Crippen LogP) is 3.50. The summed E-state index contributed by atoms with van der Waals surface area (Å²) in [6.07, 6.45) is -0.606. The molecule has 0 aliphatic heterocycles. The Labute approximate surface area is 179 Å². The molecular weight excluding hydrogens is 406 g/mol. The number of nitrogens with one attached hydrogen (secondary N) is 3. The summed E-state index contributed by atoms with van der Waals surface area (Å²) in [7, 11) is 1.52. The molecule has 0 bridgehead atoms. The maximum atomic E-state index is 12.1. The maximum absolute atomic E-state index is 12.1. The third-order valence-electron chi connectivity index (χ3n) is 3.68. The van der Waals surface area contributed by atoms with Gasteiger partial charge in [-0.15, -0.1) is 11.8 Å². The number of methoxy groups -OCH3 is 1. The summed E-state index contributed by atoms with van der Waals surface area (Å²) in [5, 5.41) is 8.11. The Hall–Kier alpha value is -3.04. The Bertz CT molecular complexity index is 875. The molecule has 2 aromatic rings. The molecule has 9 heteroatoms. The van der Waals surface area contributed by atoms with Crippen LogP contribution in [0.25, 0.3) is 0 Å². The number of thioether (sulfide) groups is 1. The van der Waals surface area contributed by atoms with Crippen LogP contribution in [-0.4, -0.2) is 49.7 Å². The van der Waals surface area contributed by atoms with E-state index < -0.39 is 6.09 Å². The van der Waals surface area contributed by atoms with Crippen LogP contribution in [0.1, 0.15) is 5.56 Å². The minimum atomic E-state index is -0.606. The van der Waals surface area contributed by atoms with Gasteiger partial charge in [-0.2, -0.15) is 0 Å². The first-order valence-corrected chi connectivity index (χ1v) is 10.4. The monoisotopic (exact) mass is 431 g/mol. The van der Waals surface area contributed by atoms with E-state index in [0.29, 0.717) is 18.0 Å². The Morgan fingerprint density at radius 3 is 2.00 bits per heavy atom. The van der Waals surface area contributed by atoms with Crippen LogP contribution < -0.4 is 16.0 Å². The molecule has 0 spiro atoms. The van der Waals surface area contributed by atoms with Gasteiger partial charge >= 0.3 is 6.09 Å². The molecule has 2 aromatic carbocycles. The molecule has 0 fully saturated rings. The van der Waals surface area contributed by atoms with E-state index in [-0.39, 0.29) is 29.9 Å². The molecule has 3 amide bonds. The smallest absolute Gasteiger partial charge is 0.411 e. The fraction of sp³-hybridized carbons (Fsp3) is 0.286. The molecule has 0 atom stereocenters. The molecule has 2 rings (SSSR count). The largest absolute Gasteiger partial charge is 0.447 e. The highest BCUT2D eigenvalue weighted by Crippen LogP contribution is 2.16. The highest BCUT2D eigenvalue weighted by atomic mass is 32.2. The molecule has 0 saturated carbocycles. The lowest BCUT2D eigenvalue weighted by atomic mass is 10.2. The average molecular weight is 432 g/mol. The minimum Gasteiger partial charge on any atom is -0.447 e. The standard InChI is InChI=1S/C21H25N3O5S/c1-15-5-3-6-16(11-15)22-19(25)13-30-14-20(26)23-17-7-4-8-18(12-17)24-21(27)29-10-9-28-2/h3-8,11-12H,9-10,13-14H2,1-2H3,(H,22,25)(H,23,26)(H,24,27). The van der Waals surface area contributed by atoms with Crippen molar-refractivity contribution in [3.8, 4) is 0 Å². The topological polar surface area (TPSA) is 106 Å². The number of ether oxygens (including phenoxy) is 2. The summed E-state index contributed by atoms with van der Waals surface area (Å²) in [5.74, 6) is -0.131. The normalized spacial score (nSPS) is 10.2. The van der Waals surface area contributed by atoms with E-state index >= 15 is 0 Å². The van der Waals surface area contributed by atoms with Crippen molar-refractivity contribution in [2.45, 2.75) is 6.92 Å². The van der Waals surface area contributed by atoms with E-state index in [9.17, 15) is 14.4 Å². The summed E-state index contributed by atoms with van der Waals surface area (Å²) in [5.41, 5.74) is 2.80. The lowest BCUT2D eigenvalue weighted by molar-refractivity contribution is -0.114. The Morgan fingerprint density at radius 2 is 1.40 bits per heavy atom. The number of carbonyl (C=O) groups excluding carboxylic acids is 3. The molecule has 0 aliphatic rings. The zero-order chi connectivity index (χ0) is 21.8. The van der Waals surface area contributed by atoms with E-state index in [1.54, 1.807) is 24.3 Å². The quantitative estimate of drug-likeness (QED) is 0.497. The van der Waals surface area contributed by atoms with E-state index in [1.807, 2.05) is 31.2 Å². The van der Waals surface area contributed by atoms with Crippen molar-refractivity contribution < 1.29 is 23.9 Å². The Balaban J connectivity index is 1.72. The first kappa shape index (κ1) is 23.2. The molecule has 160 valence electrons. The van der Waals surface area contributed by atoms with Crippen LogP contribution in [0, 0.1) is 6.92 Å². The zero-order valence-electron chi connectivity index (χ0n) is 16.9. The van der Waals surface area contributed by atoms with Gasteiger partial charge in [0.05, 0.1) is 18.1 Å². The maximum Gasteiger partial charge on any atom is 0.411 e. The van der Waals surface area contributed by atoms with E-state index in [4.69, 9.17) is 9.47 Å². The minimum absolute atomic E-state index is 0.123. The van der Waals surface area contributed by atoms with Gasteiger partial charge in [0.15, 0.2) is 0 Å². The summed E-state index contributed by atoms with van der Waals surface area (Å²) >= 11 is 1.21. The van der Waals surface area contributed by atoms with Gasteiger partial charge in [0.25, 0.3) is 0 Å². The van der Waals surface area contributed by atoms with Crippen molar-refractivity contribution in [2.24, 2.45) is 0 Å². The number of benzene rings is 2. The third kappa shape index (κ3) is 8.97. The fourth-order valence-electron chi connectivity index (χ4n) is 2.40. The molecule has 0 aliphatic carbocycles. The second-order valence-electron chi connectivity index (χ2n) is 6.29. The van der Waals surface area contributed by atoms with Crippen molar-refractivity contribution in [2.75, 3.05) is 47.8 Å². The number of hydrogen-bond acceptors (Lipinski definition) is 6. The van der Waals surface area contributed by atoms with Gasteiger partial charge in [-0.05, 0) is 42.8 Å². The summed E-state index contributed by atoms with van der Waals surface area (Å²) in [6, 6.07) is 14.2. The summed E-state index contributed by atoms with van der Waals surface area (Å²) in [4.78, 5) is 35.8. The van der Waals surface area contributed by atoms with Crippen LogP contribution in [0.4, 0.5) is 21.9 Å². The molecule has 3 N–H and O–H groups in total. The van der Waals surface area contributed by atoms with Gasteiger partial charge in [-0.3, -0.25) is 14.9 Å². The second-order valence-corrected chi connectivity index (χ2v) is 7.28. The van der Waals surface area contributed by atoms with Crippen molar-refractivity contribution in [1.82, 2.24) is 0 Å². The van der Waals surface area contributed by atoms with Crippen LogP contribution >= 0.6 is 11.8 Å². The molecule has 8 nitrogen and oxygen atoms in total. The van der Waals surface area contributed by atoms with Crippen molar-refractivity contribution >= 4 is 46.7 Å². The average Bonchev–Trinajstić information content (AvgIpc) is 2.68. The predicted molar refractivity (Wildman–Crippen MR) is 119 cm³/mol. The van der Waals surface area contributed by atoms with Crippen molar-refractivity contribution in [3.05, 3.63) is 54.1 Å². The van der Waals surface area contributed by atoms with Crippen LogP contribution in [0.5, 0.6) is 0 Å². The Morgan fingerprint density at radius 1 is 0.833 bits per heavy atom. The van der Waals surface area contributed by atoms with Crippen LogP contribution in [-0.2, 0) is 19.1 Å². The first-order valence-electron chi connectivity index (χ1n) is 9.23. The number of carbonyl (C=O) groups is 3.